The van der Waals surface area contributed by atoms with E-state index in [1.54, 1.807) is 12.1 Å². The molecule has 0 amide bonds. The second-order valence-corrected chi connectivity index (χ2v) is 2.99. The largest absolute Gasteiger partial charge is 0.291 e. The molecule has 0 atom stereocenters. The Morgan fingerprint density at radius 1 is 1.55 bits per heavy atom. The molecular weight excluding hydrogens is 209 g/mol. The third-order valence-electron chi connectivity index (χ3n) is 1.28. The Hall–Kier alpha value is -0.880. The quantitative estimate of drug-likeness (QED) is 0.678. The minimum absolute atomic E-state index is 0.221. The molecule has 0 radical (unpaired) electrons. The Labute approximate surface area is 72.8 Å². The molecule has 0 N–H and O–H groups in total. The first-order chi connectivity index (χ1) is 5.24. The minimum atomic E-state index is -0.284. The summed E-state index contributed by atoms with van der Waals surface area (Å²) < 4.78 is 13.6. The summed E-state index contributed by atoms with van der Waals surface area (Å²) in [4.78, 5) is 3.34. The molecule has 1 aromatic carbocycles. The second-order valence-electron chi connectivity index (χ2n) is 2.08. The highest BCUT2D eigenvalue weighted by atomic mass is 79.9. The molecular formula is C8H6BrFN+. The van der Waals surface area contributed by atoms with Crippen LogP contribution >= 0.6 is 15.9 Å². The van der Waals surface area contributed by atoms with Gasteiger partial charge in [-0.1, -0.05) is 20.8 Å². The predicted molar refractivity (Wildman–Crippen MR) is 46.1 cm³/mol. The van der Waals surface area contributed by atoms with Crippen molar-refractivity contribution in [2.24, 2.45) is 0 Å². The maximum absolute atomic E-state index is 12.9. The van der Waals surface area contributed by atoms with Crippen LogP contribution in [0, 0.1) is 12.4 Å². The zero-order valence-corrected chi connectivity index (χ0v) is 7.31. The van der Waals surface area contributed by atoms with E-state index in [0.29, 0.717) is 5.56 Å². The van der Waals surface area contributed by atoms with E-state index in [2.05, 4.69) is 20.8 Å². The van der Waals surface area contributed by atoms with Crippen LogP contribution in [0.2, 0.25) is 0 Å². The van der Waals surface area contributed by atoms with Crippen molar-refractivity contribution in [3.05, 3.63) is 38.9 Å². The zero-order chi connectivity index (χ0) is 8.27. The molecule has 1 aromatic rings. The van der Waals surface area contributed by atoms with E-state index in [-0.39, 0.29) is 12.4 Å². The van der Waals surface area contributed by atoms with Gasteiger partial charge in [0.1, 0.15) is 5.82 Å². The Balaban J connectivity index is 3.01. The van der Waals surface area contributed by atoms with Crippen molar-refractivity contribution in [1.29, 1.82) is 0 Å². The second kappa shape index (κ2) is 3.49. The average Bonchev–Trinajstić information content (AvgIpc) is 1.95. The van der Waals surface area contributed by atoms with Gasteiger partial charge in [0.05, 0.1) is 5.56 Å². The van der Waals surface area contributed by atoms with E-state index >= 15 is 0 Å². The van der Waals surface area contributed by atoms with Crippen molar-refractivity contribution < 1.29 is 4.39 Å². The summed E-state index contributed by atoms with van der Waals surface area (Å²) >= 11 is 3.15. The average molecular weight is 215 g/mol. The third kappa shape index (κ3) is 2.02. The fraction of sp³-hybridized carbons (Fsp3) is 0.125. The first-order valence-corrected chi connectivity index (χ1v) is 3.84. The van der Waals surface area contributed by atoms with E-state index in [1.165, 1.54) is 6.07 Å². The summed E-state index contributed by atoms with van der Waals surface area (Å²) in [5, 5.41) is 0. The third-order valence-corrected chi connectivity index (χ3v) is 1.77. The molecule has 0 heterocycles. The fourth-order valence-corrected chi connectivity index (χ4v) is 1.08. The van der Waals surface area contributed by atoms with E-state index in [1.807, 2.05) is 0 Å². The van der Waals surface area contributed by atoms with Gasteiger partial charge in [0.15, 0.2) is 0 Å². The highest BCUT2D eigenvalue weighted by molar-refractivity contribution is 9.10. The molecule has 0 bridgehead atoms. The van der Waals surface area contributed by atoms with Crippen LogP contribution in [0.1, 0.15) is 5.56 Å². The van der Waals surface area contributed by atoms with Crippen LogP contribution < -0.4 is 0 Å². The van der Waals surface area contributed by atoms with Crippen LogP contribution in [-0.4, -0.2) is 0 Å². The molecule has 11 heavy (non-hydrogen) atoms. The van der Waals surface area contributed by atoms with Gasteiger partial charge in [0, 0.05) is 4.47 Å². The zero-order valence-electron chi connectivity index (χ0n) is 5.72. The number of halogens is 2. The first-order valence-electron chi connectivity index (χ1n) is 3.04. The molecule has 56 valence electrons. The van der Waals surface area contributed by atoms with Gasteiger partial charge in [-0.05, 0) is 18.2 Å². The summed E-state index contributed by atoms with van der Waals surface area (Å²) in [6.45, 7) is 5.14. The Morgan fingerprint density at radius 2 is 2.27 bits per heavy atom. The molecule has 0 aromatic heterocycles. The van der Waals surface area contributed by atoms with Gasteiger partial charge in [0.25, 0.3) is 13.1 Å². The van der Waals surface area contributed by atoms with Gasteiger partial charge in [-0.2, -0.15) is 0 Å². The van der Waals surface area contributed by atoms with Crippen LogP contribution in [0.5, 0.6) is 0 Å². The van der Waals surface area contributed by atoms with Gasteiger partial charge in [-0.15, -0.1) is 0 Å². The molecule has 0 saturated carbocycles. The maximum atomic E-state index is 12.9. The lowest BCUT2D eigenvalue weighted by Gasteiger charge is -1.93. The Kier molecular flexibility index (Phi) is 2.61. The molecule has 1 rings (SSSR count). The highest BCUT2D eigenvalue weighted by Gasteiger charge is 2.05. The standard InChI is InChI=1S/C8H6BrFN/c1-11-5-6-2-3-7(9)4-8(6)10/h1-4H,5H2/q+1. The normalized spacial score (nSPS) is 9.18. The van der Waals surface area contributed by atoms with Gasteiger partial charge < -0.3 is 0 Å². The molecule has 0 saturated heterocycles. The lowest BCUT2D eigenvalue weighted by Crippen LogP contribution is -1.85. The van der Waals surface area contributed by atoms with Crippen LogP contribution in [0.4, 0.5) is 4.39 Å². The number of hydrogen-bond donors (Lipinski definition) is 0. The van der Waals surface area contributed by atoms with Crippen molar-refractivity contribution in [2.75, 3.05) is 0 Å². The maximum Gasteiger partial charge on any atom is 0.291 e. The van der Waals surface area contributed by atoms with Crippen molar-refractivity contribution in [1.82, 2.24) is 0 Å². The summed E-state index contributed by atoms with van der Waals surface area (Å²) in [6, 6.07) is 4.79. The van der Waals surface area contributed by atoms with Gasteiger partial charge in [0.2, 0.25) is 0 Å². The number of rotatable bonds is 1. The van der Waals surface area contributed by atoms with Crippen LogP contribution in [0.25, 0.3) is 4.85 Å². The van der Waals surface area contributed by atoms with E-state index in [0.717, 1.165) is 4.47 Å². The smallest absolute Gasteiger partial charge is 0.206 e. The van der Waals surface area contributed by atoms with Gasteiger partial charge in [-0.3, -0.25) is 0 Å². The predicted octanol–water partition coefficient (Wildman–Crippen LogP) is 3.05. The van der Waals surface area contributed by atoms with E-state index in [9.17, 15) is 4.39 Å². The molecule has 3 heteroatoms. The van der Waals surface area contributed by atoms with Crippen LogP contribution in [-0.2, 0) is 6.54 Å². The molecule has 0 aliphatic rings. The first kappa shape index (κ1) is 8.22. The molecule has 0 aliphatic carbocycles. The van der Waals surface area contributed by atoms with Crippen molar-refractivity contribution in [3.8, 4) is 6.57 Å². The molecule has 0 aliphatic heterocycles. The highest BCUT2D eigenvalue weighted by Crippen LogP contribution is 2.15. The number of benzene rings is 1. The SMILES string of the molecule is C#[N+]Cc1ccc(Br)cc1F. The van der Waals surface area contributed by atoms with Crippen molar-refractivity contribution in [2.45, 2.75) is 6.54 Å². The summed E-state index contributed by atoms with van der Waals surface area (Å²) in [7, 11) is 0. The lowest BCUT2D eigenvalue weighted by molar-refractivity contribution is 0.614. The van der Waals surface area contributed by atoms with Crippen molar-refractivity contribution >= 4 is 15.9 Å². The molecule has 1 nitrogen and oxygen atoms in total. The Morgan fingerprint density at radius 3 is 2.82 bits per heavy atom. The lowest BCUT2D eigenvalue weighted by atomic mass is 10.2. The summed E-state index contributed by atoms with van der Waals surface area (Å²) in [5.41, 5.74) is 0.510. The van der Waals surface area contributed by atoms with Gasteiger partial charge in [-0.25, -0.2) is 4.39 Å². The van der Waals surface area contributed by atoms with Crippen LogP contribution in [0.15, 0.2) is 22.7 Å². The minimum Gasteiger partial charge on any atom is -0.206 e. The summed E-state index contributed by atoms with van der Waals surface area (Å²) in [6.07, 6.45) is 0. The summed E-state index contributed by atoms with van der Waals surface area (Å²) in [5.74, 6) is -0.284. The fourth-order valence-electron chi connectivity index (χ4n) is 0.748. The number of hydrogen-bond acceptors (Lipinski definition) is 0. The van der Waals surface area contributed by atoms with Crippen LogP contribution in [0.3, 0.4) is 0 Å². The molecule has 0 fully saturated rings. The monoisotopic (exact) mass is 214 g/mol. The van der Waals surface area contributed by atoms with E-state index in [4.69, 9.17) is 6.57 Å². The topological polar surface area (TPSA) is 4.36 Å². The van der Waals surface area contributed by atoms with Gasteiger partial charge >= 0.3 is 0 Å². The molecule has 0 unspecified atom stereocenters. The Bertz CT molecular complexity index is 303. The van der Waals surface area contributed by atoms with E-state index < -0.39 is 0 Å². The number of nitrogens with zero attached hydrogens (tertiary/aromatic N) is 1. The molecule has 0 spiro atoms. The van der Waals surface area contributed by atoms with Crippen molar-refractivity contribution in [3.63, 3.8) is 0 Å².